The Morgan fingerprint density at radius 2 is 1.72 bits per heavy atom. The van der Waals surface area contributed by atoms with Crippen LogP contribution in [0.25, 0.3) is 17.0 Å². The molecule has 6 heterocycles. The largest absolute Gasteiger partial charge is 0.437 e. The third-order valence-electron chi connectivity index (χ3n) is 8.70. The number of nitrogens with zero attached hydrogens (tertiary/aromatic N) is 4. The van der Waals surface area contributed by atoms with Gasteiger partial charge in [-0.15, -0.1) is 0 Å². The van der Waals surface area contributed by atoms with Crippen molar-refractivity contribution in [3.8, 4) is 0 Å². The number of fused-ring (bicyclic) bond motifs is 18. The summed E-state index contributed by atoms with van der Waals surface area (Å²) < 4.78 is 28.8. The number of hydrogen-bond donors (Lipinski definition) is 2. The lowest BCUT2D eigenvalue weighted by Crippen LogP contribution is -2.51. The molecule has 0 aliphatic carbocycles. The summed E-state index contributed by atoms with van der Waals surface area (Å²) in [4.78, 5) is 47.4. The summed E-state index contributed by atoms with van der Waals surface area (Å²) in [7, 11) is 1.67. The van der Waals surface area contributed by atoms with Crippen LogP contribution in [0.4, 0.5) is 15.4 Å². The second-order valence-electron chi connectivity index (χ2n) is 11.9. The fraction of sp³-hybridized carbons (Fsp3) is 0.485. The standard InChI is InChI=1S/C33H40N6O8/c1-22-16-24(17-25-21-35-37-28(22)25)19-27-30(40)38(2)9-11-44-13-15-45-14-12-43-10-3-4-23-18-26-29(34-20-23)36-31(41)47-33(26)5-7-39(8-6-33)32(42)46-27/h3-4,16-18,20-21,27H,5-15,19H2,1-2H3,(H,35,37)(H,34,36,41)/b4-3-/t27-/m1/s1. The lowest BCUT2D eigenvalue weighted by atomic mass is 9.83. The van der Waals surface area contributed by atoms with Crippen molar-refractivity contribution in [2.75, 3.05) is 71.6 Å². The molecule has 250 valence electrons. The van der Waals surface area contributed by atoms with Crippen LogP contribution >= 0.6 is 0 Å². The van der Waals surface area contributed by atoms with E-state index in [9.17, 15) is 14.4 Å². The van der Waals surface area contributed by atoms with Crippen LogP contribution in [0.3, 0.4) is 0 Å². The molecule has 14 nitrogen and oxygen atoms in total. The highest BCUT2D eigenvalue weighted by Gasteiger charge is 2.46. The Morgan fingerprint density at radius 3 is 2.53 bits per heavy atom. The van der Waals surface area contributed by atoms with E-state index in [1.165, 1.54) is 4.90 Å². The quantitative estimate of drug-likeness (QED) is 0.395. The highest BCUT2D eigenvalue weighted by Crippen LogP contribution is 2.43. The zero-order valence-electron chi connectivity index (χ0n) is 26.7. The first-order valence-corrected chi connectivity index (χ1v) is 15.8. The minimum atomic E-state index is -1.07. The smallest absolute Gasteiger partial charge is 0.413 e. The summed E-state index contributed by atoms with van der Waals surface area (Å²) in [6, 6.07) is 5.85. The van der Waals surface area contributed by atoms with Crippen LogP contribution in [0, 0.1) is 6.92 Å². The highest BCUT2D eigenvalue weighted by atomic mass is 16.6. The number of carbonyl (C=O) groups is 3. The van der Waals surface area contributed by atoms with E-state index < -0.39 is 23.9 Å². The van der Waals surface area contributed by atoms with Crippen LogP contribution in [0.15, 0.2) is 36.7 Å². The van der Waals surface area contributed by atoms with Crippen LogP contribution in [-0.2, 0) is 40.5 Å². The molecule has 0 saturated carbocycles. The Labute approximate surface area is 272 Å². The summed E-state index contributed by atoms with van der Waals surface area (Å²) in [6.45, 7) is 5.09. The number of hydrogen-bond acceptors (Lipinski definition) is 10. The third kappa shape index (κ3) is 7.56. The molecule has 1 atom stereocenters. The van der Waals surface area contributed by atoms with E-state index in [0.29, 0.717) is 64.8 Å². The fourth-order valence-electron chi connectivity index (χ4n) is 6.15. The molecule has 0 radical (unpaired) electrons. The number of aromatic amines is 1. The zero-order chi connectivity index (χ0) is 32.8. The van der Waals surface area contributed by atoms with Crippen molar-refractivity contribution in [3.05, 3.63) is 58.9 Å². The van der Waals surface area contributed by atoms with Gasteiger partial charge in [0.1, 0.15) is 11.4 Å². The minimum absolute atomic E-state index is 0.185. The molecule has 3 amide bonds. The molecule has 1 aromatic carbocycles. The number of rotatable bonds is 2. The van der Waals surface area contributed by atoms with E-state index >= 15 is 0 Å². The molecule has 1 fully saturated rings. The number of H-pyrrole nitrogens is 1. The van der Waals surface area contributed by atoms with Crippen molar-refractivity contribution in [1.82, 2.24) is 25.0 Å². The topological polar surface area (TPSA) is 157 Å². The van der Waals surface area contributed by atoms with Crippen molar-refractivity contribution in [1.29, 1.82) is 0 Å². The van der Waals surface area contributed by atoms with E-state index in [0.717, 1.165) is 33.2 Å². The van der Waals surface area contributed by atoms with E-state index in [-0.39, 0.29) is 25.4 Å². The Balaban J connectivity index is 1.23. The Hall–Kier alpha value is -4.53. The average Bonchev–Trinajstić information content (AvgIpc) is 3.54. The van der Waals surface area contributed by atoms with E-state index in [1.807, 2.05) is 37.3 Å². The maximum atomic E-state index is 13.7. The van der Waals surface area contributed by atoms with E-state index in [1.54, 1.807) is 24.3 Å². The van der Waals surface area contributed by atoms with Gasteiger partial charge in [-0.1, -0.05) is 18.2 Å². The number of piperidine rings is 1. The monoisotopic (exact) mass is 648 g/mol. The SMILES string of the molecule is Cc1cc(C[C@H]2OC(=O)N3CCC4(CC3)OC(=O)Nc3ncc(cc34)/C=C\COCCOCCOCCN(C)C2=O)cc2cn[nH]c12. The molecule has 2 aromatic heterocycles. The first kappa shape index (κ1) is 32.4. The number of amides is 3. The van der Waals surface area contributed by atoms with Crippen molar-refractivity contribution < 1.29 is 38.1 Å². The van der Waals surface area contributed by atoms with Crippen LogP contribution in [-0.4, -0.2) is 116 Å². The number of aromatic nitrogens is 3. The molecule has 47 heavy (non-hydrogen) atoms. The summed E-state index contributed by atoms with van der Waals surface area (Å²) >= 11 is 0. The van der Waals surface area contributed by atoms with Gasteiger partial charge in [-0.05, 0) is 35.7 Å². The molecule has 3 aromatic rings. The van der Waals surface area contributed by atoms with Gasteiger partial charge in [0.25, 0.3) is 5.91 Å². The van der Waals surface area contributed by atoms with Crippen LogP contribution in [0.5, 0.6) is 0 Å². The Kier molecular flexibility index (Phi) is 9.99. The van der Waals surface area contributed by atoms with Crippen molar-refractivity contribution in [3.63, 3.8) is 0 Å². The molecule has 4 bridgehead atoms. The van der Waals surface area contributed by atoms with Gasteiger partial charge in [-0.2, -0.15) is 5.10 Å². The number of anilines is 1. The molecule has 2 N–H and O–H groups in total. The number of pyridine rings is 1. The number of carbonyl (C=O) groups excluding carboxylic acids is 3. The van der Waals surface area contributed by atoms with Gasteiger partial charge >= 0.3 is 12.2 Å². The molecule has 1 spiro atoms. The molecular formula is C33H40N6O8. The summed E-state index contributed by atoms with van der Waals surface area (Å²) in [6.07, 6.45) is 5.79. The van der Waals surface area contributed by atoms with Gasteiger partial charge in [0, 0.05) is 63.1 Å². The normalized spacial score (nSPS) is 24.3. The number of nitrogens with one attached hydrogen (secondary N) is 2. The van der Waals surface area contributed by atoms with Crippen molar-refractivity contribution >= 4 is 40.9 Å². The maximum Gasteiger partial charge on any atom is 0.413 e. The maximum absolute atomic E-state index is 13.7. The first-order chi connectivity index (χ1) is 22.8. The van der Waals surface area contributed by atoms with Gasteiger partial charge in [-0.25, -0.2) is 14.6 Å². The molecule has 4 aliphatic rings. The first-order valence-electron chi connectivity index (χ1n) is 15.8. The summed E-state index contributed by atoms with van der Waals surface area (Å²) in [5, 5.41) is 10.7. The van der Waals surface area contributed by atoms with Crippen LogP contribution < -0.4 is 5.32 Å². The predicted molar refractivity (Wildman–Crippen MR) is 171 cm³/mol. The summed E-state index contributed by atoms with van der Waals surface area (Å²) in [5.41, 5.74) is 3.34. The van der Waals surface area contributed by atoms with E-state index in [4.69, 9.17) is 23.7 Å². The van der Waals surface area contributed by atoms with Crippen LogP contribution in [0.2, 0.25) is 0 Å². The highest BCUT2D eigenvalue weighted by molar-refractivity contribution is 5.88. The van der Waals surface area contributed by atoms with Gasteiger partial charge in [-0.3, -0.25) is 15.2 Å². The second kappa shape index (κ2) is 14.5. The Bertz CT molecular complexity index is 1630. The fourth-order valence-corrected chi connectivity index (χ4v) is 6.15. The third-order valence-corrected chi connectivity index (χ3v) is 8.70. The van der Waals surface area contributed by atoms with Crippen molar-refractivity contribution in [2.24, 2.45) is 0 Å². The zero-order valence-corrected chi connectivity index (χ0v) is 26.7. The molecule has 1 saturated heterocycles. The van der Waals surface area contributed by atoms with E-state index in [2.05, 4.69) is 20.5 Å². The van der Waals surface area contributed by atoms with Crippen LogP contribution in [0.1, 0.15) is 35.1 Å². The average molecular weight is 649 g/mol. The van der Waals surface area contributed by atoms with Gasteiger partial charge < -0.3 is 33.5 Å². The lowest BCUT2D eigenvalue weighted by molar-refractivity contribution is -0.140. The number of ether oxygens (including phenoxy) is 5. The lowest BCUT2D eigenvalue weighted by Gasteiger charge is -2.43. The summed E-state index contributed by atoms with van der Waals surface area (Å²) in [5.74, 6) is 0.0999. The van der Waals surface area contributed by atoms with Gasteiger partial charge in [0.15, 0.2) is 6.10 Å². The van der Waals surface area contributed by atoms with Gasteiger partial charge in [0.05, 0.1) is 51.4 Å². The number of aryl methyl sites for hydroxylation is 1. The molecular weight excluding hydrogens is 608 g/mol. The minimum Gasteiger partial charge on any atom is -0.437 e. The second-order valence-corrected chi connectivity index (χ2v) is 11.9. The molecule has 4 aliphatic heterocycles. The molecule has 14 heteroatoms. The predicted octanol–water partition coefficient (Wildman–Crippen LogP) is 3.40. The number of benzene rings is 1. The molecule has 7 rings (SSSR count). The number of likely N-dealkylation sites (N-methyl/N-ethyl adjacent to an activating group) is 1. The molecule has 0 unspecified atom stereocenters. The Morgan fingerprint density at radius 1 is 0.957 bits per heavy atom. The van der Waals surface area contributed by atoms with Gasteiger partial charge in [0.2, 0.25) is 0 Å². The van der Waals surface area contributed by atoms with Crippen molar-refractivity contribution in [2.45, 2.75) is 37.9 Å².